The van der Waals surface area contributed by atoms with Gasteiger partial charge in [0.2, 0.25) is 5.91 Å². The number of hydrogen-bond donors (Lipinski definition) is 3. The normalized spacial score (nSPS) is 25.7. The van der Waals surface area contributed by atoms with Crippen LogP contribution in [-0.2, 0) is 19.9 Å². The average Bonchev–Trinajstić information content (AvgIpc) is 3.24. The van der Waals surface area contributed by atoms with Gasteiger partial charge in [0.1, 0.15) is 23.0 Å². The molecule has 3 N–H and O–H groups in total. The number of halogens is 1. The predicted octanol–water partition coefficient (Wildman–Crippen LogP) is 3.09. The minimum atomic E-state index is -1.09. The van der Waals surface area contributed by atoms with Crippen LogP contribution in [0.15, 0.2) is 33.7 Å². The maximum absolute atomic E-state index is 13.7. The highest BCUT2D eigenvalue weighted by Crippen LogP contribution is 2.32. The van der Waals surface area contributed by atoms with E-state index in [0.29, 0.717) is 5.84 Å². The number of aliphatic imine (C=N–C) groups is 1. The van der Waals surface area contributed by atoms with Crippen LogP contribution in [0.25, 0.3) is 0 Å². The Morgan fingerprint density at radius 3 is 2.37 bits per heavy atom. The fourth-order valence-electron chi connectivity index (χ4n) is 4.25. The third-order valence-corrected chi connectivity index (χ3v) is 6.63. The van der Waals surface area contributed by atoms with Gasteiger partial charge in [0.25, 0.3) is 5.91 Å². The van der Waals surface area contributed by atoms with E-state index < -0.39 is 40.8 Å². The highest BCUT2D eigenvalue weighted by atomic mass is 79.9. The van der Waals surface area contributed by atoms with Gasteiger partial charge in [0.05, 0.1) is 12.1 Å². The van der Waals surface area contributed by atoms with Gasteiger partial charge in [-0.2, -0.15) is 4.99 Å². The molecule has 0 spiro atoms. The maximum atomic E-state index is 13.7. The summed E-state index contributed by atoms with van der Waals surface area (Å²) in [6.07, 6.45) is -1.26. The van der Waals surface area contributed by atoms with E-state index >= 15 is 0 Å². The van der Waals surface area contributed by atoms with E-state index in [-0.39, 0.29) is 24.8 Å². The molecule has 10 heteroatoms. The number of aliphatic hydroxyl groups is 1. The van der Waals surface area contributed by atoms with Crippen LogP contribution in [0, 0.1) is 5.41 Å². The van der Waals surface area contributed by atoms with Crippen molar-refractivity contribution >= 4 is 39.7 Å². The van der Waals surface area contributed by atoms with E-state index in [1.807, 2.05) is 45.0 Å². The summed E-state index contributed by atoms with van der Waals surface area (Å²) in [5.74, 6) is -0.419. The Morgan fingerprint density at radius 1 is 1.23 bits per heavy atom. The highest BCUT2D eigenvalue weighted by Gasteiger charge is 2.49. The number of carbonyl (C=O) groups is 3. The first-order chi connectivity index (χ1) is 16.0. The molecular formula is C25H35BrN4O5. The number of amides is 3. The maximum Gasteiger partial charge on any atom is 0.408 e. The lowest BCUT2D eigenvalue weighted by Gasteiger charge is -2.36. The van der Waals surface area contributed by atoms with Gasteiger partial charge < -0.3 is 25.4 Å². The second-order valence-electron chi connectivity index (χ2n) is 11.4. The number of likely N-dealkylation sites (tertiary alicyclic amines) is 1. The summed E-state index contributed by atoms with van der Waals surface area (Å²) in [7, 11) is 0. The second-order valence-corrected chi connectivity index (χ2v) is 12.3. The standard InChI is InChI=1S/C25H35BrN4O5/c1-23(2,3)18(27-22(34)35-24(4,5)6)20(32)30-13-16(31)12-17(30)19-28-21(33)25(7,29-19)14-8-10-15(26)11-9-14/h8-11,16-18,31H,12-13H2,1-7H3,(H,27,34)(H,28,29,33)/t16-,17?,18?,25?/m1/s1. The van der Waals surface area contributed by atoms with Crippen molar-refractivity contribution in [1.29, 1.82) is 0 Å². The summed E-state index contributed by atoms with van der Waals surface area (Å²) in [5.41, 5.74) is -1.71. The Bertz CT molecular complexity index is 1030. The Kier molecular flexibility index (Phi) is 7.39. The minimum Gasteiger partial charge on any atom is -0.444 e. The Hall–Kier alpha value is -2.46. The number of hydrogen-bond acceptors (Lipinski definition) is 6. The number of β-amino-alcohol motifs (C(OH)–C–C–N with tert-alkyl or cyclic N) is 1. The van der Waals surface area contributed by atoms with Crippen LogP contribution in [0.2, 0.25) is 0 Å². The molecule has 9 nitrogen and oxygen atoms in total. The van der Waals surface area contributed by atoms with Crippen LogP contribution in [0.3, 0.4) is 0 Å². The molecule has 3 amide bonds. The quantitative estimate of drug-likeness (QED) is 0.529. The first-order valence-electron chi connectivity index (χ1n) is 11.7. The van der Waals surface area contributed by atoms with Crippen molar-refractivity contribution in [2.75, 3.05) is 6.54 Å². The van der Waals surface area contributed by atoms with E-state index in [4.69, 9.17) is 4.74 Å². The second kappa shape index (κ2) is 9.54. The molecule has 1 aromatic carbocycles. The largest absolute Gasteiger partial charge is 0.444 e. The number of benzene rings is 1. The number of nitrogens with zero attached hydrogens (tertiary/aromatic N) is 2. The molecule has 0 radical (unpaired) electrons. The summed E-state index contributed by atoms with van der Waals surface area (Å²) >= 11 is 3.40. The molecule has 2 heterocycles. The zero-order valence-corrected chi connectivity index (χ0v) is 22.9. The summed E-state index contributed by atoms with van der Waals surface area (Å²) in [5, 5.41) is 16.4. The molecule has 2 aliphatic heterocycles. The smallest absolute Gasteiger partial charge is 0.408 e. The van der Waals surface area contributed by atoms with Crippen molar-refractivity contribution in [1.82, 2.24) is 15.5 Å². The number of alkyl carbamates (subject to hydrolysis) is 1. The van der Waals surface area contributed by atoms with Gasteiger partial charge in [0, 0.05) is 17.4 Å². The molecule has 1 aromatic rings. The molecule has 3 unspecified atom stereocenters. The molecule has 2 aliphatic rings. The van der Waals surface area contributed by atoms with E-state index in [1.165, 1.54) is 4.90 Å². The Balaban J connectivity index is 1.85. The monoisotopic (exact) mass is 550 g/mol. The summed E-state index contributed by atoms with van der Waals surface area (Å²) in [6, 6.07) is 5.81. The van der Waals surface area contributed by atoms with E-state index in [0.717, 1.165) is 10.0 Å². The van der Waals surface area contributed by atoms with Gasteiger partial charge in [-0.3, -0.25) is 9.59 Å². The van der Waals surface area contributed by atoms with Crippen molar-refractivity contribution in [2.45, 2.75) is 84.2 Å². The van der Waals surface area contributed by atoms with Crippen LogP contribution >= 0.6 is 15.9 Å². The van der Waals surface area contributed by atoms with Crippen molar-refractivity contribution in [2.24, 2.45) is 10.4 Å². The highest BCUT2D eigenvalue weighted by molar-refractivity contribution is 9.10. The number of nitrogens with one attached hydrogen (secondary N) is 2. The molecule has 0 aromatic heterocycles. The van der Waals surface area contributed by atoms with Gasteiger partial charge in [-0.05, 0) is 50.8 Å². The fraction of sp³-hybridized carbons (Fsp3) is 0.600. The first kappa shape index (κ1) is 27.1. The van der Waals surface area contributed by atoms with E-state index in [1.54, 1.807) is 27.7 Å². The van der Waals surface area contributed by atoms with Crippen LogP contribution in [0.5, 0.6) is 0 Å². The lowest BCUT2D eigenvalue weighted by molar-refractivity contribution is -0.136. The molecule has 0 bridgehead atoms. The average molecular weight is 551 g/mol. The van der Waals surface area contributed by atoms with E-state index in [2.05, 4.69) is 31.6 Å². The summed E-state index contributed by atoms with van der Waals surface area (Å²) < 4.78 is 6.26. The zero-order valence-electron chi connectivity index (χ0n) is 21.3. The molecule has 0 saturated carbocycles. The Morgan fingerprint density at radius 2 is 1.83 bits per heavy atom. The van der Waals surface area contributed by atoms with Crippen LogP contribution in [-0.4, -0.2) is 64.1 Å². The zero-order chi connectivity index (χ0) is 26.3. The lowest BCUT2D eigenvalue weighted by Crippen LogP contribution is -2.58. The molecule has 1 fully saturated rings. The number of rotatable bonds is 4. The molecule has 35 heavy (non-hydrogen) atoms. The lowest BCUT2D eigenvalue weighted by atomic mass is 9.85. The van der Waals surface area contributed by atoms with Crippen molar-refractivity contribution < 1.29 is 24.2 Å². The Labute approximate surface area is 214 Å². The van der Waals surface area contributed by atoms with Crippen LogP contribution < -0.4 is 10.6 Å². The minimum absolute atomic E-state index is 0.0654. The van der Waals surface area contributed by atoms with Gasteiger partial charge in [0.15, 0.2) is 0 Å². The molecular weight excluding hydrogens is 516 g/mol. The van der Waals surface area contributed by atoms with Crippen LogP contribution in [0.1, 0.15) is 60.5 Å². The van der Waals surface area contributed by atoms with Gasteiger partial charge in [-0.15, -0.1) is 0 Å². The first-order valence-corrected chi connectivity index (χ1v) is 12.5. The molecule has 1 saturated heterocycles. The van der Waals surface area contributed by atoms with Gasteiger partial charge >= 0.3 is 6.09 Å². The van der Waals surface area contributed by atoms with Crippen LogP contribution in [0.4, 0.5) is 4.79 Å². The molecule has 0 aliphatic carbocycles. The van der Waals surface area contributed by atoms with Crippen molar-refractivity contribution in [3.8, 4) is 0 Å². The van der Waals surface area contributed by atoms with Gasteiger partial charge in [-0.25, -0.2) is 4.79 Å². The predicted molar refractivity (Wildman–Crippen MR) is 136 cm³/mol. The third-order valence-electron chi connectivity index (χ3n) is 6.10. The number of aliphatic hydroxyl groups excluding tert-OH is 1. The number of carbonyl (C=O) groups excluding carboxylic acids is 3. The SMILES string of the molecule is CC(C)(C)OC(=O)NC(C(=O)N1C[C@H](O)CC1C1=NC(=O)C(C)(c2ccc(Br)cc2)N1)C(C)(C)C. The summed E-state index contributed by atoms with van der Waals surface area (Å²) in [4.78, 5) is 45.0. The summed E-state index contributed by atoms with van der Waals surface area (Å²) in [6.45, 7) is 12.6. The molecule has 3 rings (SSSR count). The van der Waals surface area contributed by atoms with Gasteiger partial charge in [-0.1, -0.05) is 48.8 Å². The molecule has 4 atom stereocenters. The van der Waals surface area contributed by atoms with Crippen molar-refractivity contribution in [3.63, 3.8) is 0 Å². The topological polar surface area (TPSA) is 120 Å². The molecule has 192 valence electrons. The number of amidine groups is 1. The third kappa shape index (κ3) is 6.03. The number of ether oxygens (including phenoxy) is 1. The van der Waals surface area contributed by atoms with Crippen molar-refractivity contribution in [3.05, 3.63) is 34.3 Å². The van der Waals surface area contributed by atoms with E-state index in [9.17, 15) is 19.5 Å². The fourth-order valence-corrected chi connectivity index (χ4v) is 4.52.